The SMILES string of the molecule is COc1ccc(C)cc1C(=O)CCC(=O)N1CCN(C)C[C@@H]1c1ccccc1. The molecule has 1 aliphatic heterocycles. The van der Waals surface area contributed by atoms with E-state index in [9.17, 15) is 9.59 Å². The van der Waals surface area contributed by atoms with Crippen LogP contribution in [0.2, 0.25) is 0 Å². The van der Waals surface area contributed by atoms with Gasteiger partial charge in [0.25, 0.3) is 0 Å². The largest absolute Gasteiger partial charge is 0.496 e. The van der Waals surface area contributed by atoms with Crippen LogP contribution in [0.5, 0.6) is 5.75 Å². The van der Waals surface area contributed by atoms with Gasteiger partial charge in [0.2, 0.25) is 5.91 Å². The second kappa shape index (κ2) is 9.02. The summed E-state index contributed by atoms with van der Waals surface area (Å²) in [5.41, 5.74) is 2.68. The van der Waals surface area contributed by atoms with Crippen molar-refractivity contribution in [1.29, 1.82) is 0 Å². The van der Waals surface area contributed by atoms with E-state index in [1.165, 1.54) is 0 Å². The number of carbonyl (C=O) groups excluding carboxylic acids is 2. The van der Waals surface area contributed by atoms with Crippen molar-refractivity contribution in [3.8, 4) is 5.75 Å². The quantitative estimate of drug-likeness (QED) is 0.720. The predicted octanol–water partition coefficient (Wildman–Crippen LogP) is 3.48. The van der Waals surface area contributed by atoms with Crippen molar-refractivity contribution < 1.29 is 14.3 Å². The van der Waals surface area contributed by atoms with Crippen LogP contribution < -0.4 is 4.74 Å². The maximum absolute atomic E-state index is 13.0. The van der Waals surface area contributed by atoms with E-state index in [-0.39, 0.29) is 30.6 Å². The van der Waals surface area contributed by atoms with Crippen LogP contribution in [-0.4, -0.2) is 55.3 Å². The van der Waals surface area contributed by atoms with Crippen molar-refractivity contribution in [3.05, 3.63) is 65.2 Å². The van der Waals surface area contributed by atoms with E-state index in [1.807, 2.05) is 42.2 Å². The van der Waals surface area contributed by atoms with Crippen molar-refractivity contribution in [2.75, 3.05) is 33.8 Å². The Morgan fingerprint density at radius 2 is 1.82 bits per heavy atom. The second-order valence-electron chi connectivity index (χ2n) is 7.40. The smallest absolute Gasteiger partial charge is 0.223 e. The Morgan fingerprint density at radius 1 is 1.07 bits per heavy atom. The monoisotopic (exact) mass is 380 g/mol. The first-order valence-corrected chi connectivity index (χ1v) is 9.70. The number of amides is 1. The lowest BCUT2D eigenvalue weighted by molar-refractivity contribution is -0.136. The molecule has 1 atom stereocenters. The minimum atomic E-state index is -0.0562. The molecule has 2 aromatic carbocycles. The van der Waals surface area contributed by atoms with Gasteiger partial charge in [-0.25, -0.2) is 0 Å². The van der Waals surface area contributed by atoms with Crippen LogP contribution in [0.1, 0.15) is 40.4 Å². The molecule has 5 nitrogen and oxygen atoms in total. The second-order valence-corrected chi connectivity index (χ2v) is 7.40. The molecular weight excluding hydrogens is 352 g/mol. The lowest BCUT2D eigenvalue weighted by Crippen LogP contribution is -2.49. The van der Waals surface area contributed by atoms with E-state index < -0.39 is 0 Å². The number of nitrogens with zero attached hydrogens (tertiary/aromatic N) is 2. The minimum Gasteiger partial charge on any atom is -0.496 e. The molecule has 1 aliphatic rings. The molecular formula is C23H28N2O3. The molecule has 0 radical (unpaired) electrons. The minimum absolute atomic E-state index is 0.0241. The Morgan fingerprint density at radius 3 is 2.54 bits per heavy atom. The van der Waals surface area contributed by atoms with Gasteiger partial charge >= 0.3 is 0 Å². The summed E-state index contributed by atoms with van der Waals surface area (Å²) >= 11 is 0. The zero-order valence-corrected chi connectivity index (χ0v) is 16.9. The van der Waals surface area contributed by atoms with Crippen molar-refractivity contribution >= 4 is 11.7 Å². The van der Waals surface area contributed by atoms with Crippen molar-refractivity contribution in [3.63, 3.8) is 0 Å². The highest BCUT2D eigenvalue weighted by Crippen LogP contribution is 2.27. The third-order valence-corrected chi connectivity index (χ3v) is 5.31. The van der Waals surface area contributed by atoms with Crippen LogP contribution in [0.15, 0.2) is 48.5 Å². The summed E-state index contributed by atoms with van der Waals surface area (Å²) in [5.74, 6) is 0.533. The number of likely N-dealkylation sites (N-methyl/N-ethyl adjacent to an activating group) is 1. The standard InChI is InChI=1S/C23H28N2O3/c1-17-9-11-22(28-3)19(15-17)21(26)10-12-23(27)25-14-13-24(2)16-20(25)18-7-5-4-6-8-18/h4-9,11,15,20H,10,12-14,16H2,1-3H3/t20-/m1/s1. The first-order chi connectivity index (χ1) is 13.5. The van der Waals surface area contributed by atoms with E-state index in [0.29, 0.717) is 17.9 Å². The average molecular weight is 380 g/mol. The van der Waals surface area contributed by atoms with Gasteiger partial charge < -0.3 is 14.5 Å². The summed E-state index contributed by atoms with van der Waals surface area (Å²) in [6.07, 6.45) is 0.398. The van der Waals surface area contributed by atoms with Crippen LogP contribution in [0.3, 0.4) is 0 Å². The fraction of sp³-hybridized carbons (Fsp3) is 0.391. The number of ketones is 1. The third kappa shape index (κ3) is 4.60. The van der Waals surface area contributed by atoms with Crippen LogP contribution in [0, 0.1) is 6.92 Å². The van der Waals surface area contributed by atoms with E-state index >= 15 is 0 Å². The molecule has 2 aromatic rings. The first kappa shape index (κ1) is 20.1. The van der Waals surface area contributed by atoms with Gasteiger partial charge in [-0.05, 0) is 31.7 Å². The van der Waals surface area contributed by atoms with Gasteiger partial charge in [-0.2, -0.15) is 0 Å². The zero-order valence-electron chi connectivity index (χ0n) is 16.9. The maximum atomic E-state index is 13.0. The third-order valence-electron chi connectivity index (χ3n) is 5.31. The lowest BCUT2D eigenvalue weighted by Gasteiger charge is -2.40. The van der Waals surface area contributed by atoms with Crippen molar-refractivity contribution in [2.24, 2.45) is 0 Å². The molecule has 0 aromatic heterocycles. The highest BCUT2D eigenvalue weighted by Gasteiger charge is 2.30. The fourth-order valence-electron chi connectivity index (χ4n) is 3.72. The highest BCUT2D eigenvalue weighted by molar-refractivity contribution is 6.00. The molecule has 5 heteroatoms. The number of aryl methyl sites for hydroxylation is 1. The van der Waals surface area contributed by atoms with E-state index in [1.54, 1.807) is 13.2 Å². The van der Waals surface area contributed by atoms with Crippen LogP contribution in [-0.2, 0) is 4.79 Å². The van der Waals surface area contributed by atoms with Gasteiger partial charge in [-0.1, -0.05) is 42.0 Å². The molecule has 148 valence electrons. The average Bonchev–Trinajstić information content (AvgIpc) is 2.72. The molecule has 1 heterocycles. The van der Waals surface area contributed by atoms with E-state index in [2.05, 4.69) is 24.1 Å². The number of carbonyl (C=O) groups is 2. The summed E-state index contributed by atoms with van der Waals surface area (Å²) in [6.45, 7) is 4.26. The summed E-state index contributed by atoms with van der Waals surface area (Å²) in [7, 11) is 3.63. The number of hydrogen-bond donors (Lipinski definition) is 0. The Labute approximate surface area is 166 Å². The normalized spacial score (nSPS) is 17.4. The molecule has 1 fully saturated rings. The topological polar surface area (TPSA) is 49.9 Å². The first-order valence-electron chi connectivity index (χ1n) is 9.70. The van der Waals surface area contributed by atoms with Crippen LogP contribution >= 0.6 is 0 Å². The van der Waals surface area contributed by atoms with Gasteiger partial charge in [0.05, 0.1) is 18.7 Å². The van der Waals surface area contributed by atoms with Crippen molar-refractivity contribution in [1.82, 2.24) is 9.80 Å². The molecule has 0 aliphatic carbocycles. The molecule has 0 saturated carbocycles. The Balaban J connectivity index is 1.69. The zero-order chi connectivity index (χ0) is 20.1. The predicted molar refractivity (Wildman–Crippen MR) is 110 cm³/mol. The van der Waals surface area contributed by atoms with E-state index in [4.69, 9.17) is 4.74 Å². The molecule has 0 unspecified atom stereocenters. The number of benzene rings is 2. The van der Waals surface area contributed by atoms with Crippen LogP contribution in [0.4, 0.5) is 0 Å². The number of methoxy groups -OCH3 is 1. The van der Waals surface area contributed by atoms with Gasteiger partial charge in [0.1, 0.15) is 5.75 Å². The molecule has 0 N–H and O–H groups in total. The molecule has 0 spiro atoms. The molecule has 28 heavy (non-hydrogen) atoms. The van der Waals surface area contributed by atoms with Gasteiger partial charge in [0, 0.05) is 32.5 Å². The molecule has 1 saturated heterocycles. The molecule has 3 rings (SSSR count). The number of rotatable bonds is 6. The van der Waals surface area contributed by atoms with Gasteiger partial charge in [-0.3, -0.25) is 9.59 Å². The lowest BCUT2D eigenvalue weighted by atomic mass is 10.00. The summed E-state index contributed by atoms with van der Waals surface area (Å²) in [4.78, 5) is 29.8. The summed E-state index contributed by atoms with van der Waals surface area (Å²) < 4.78 is 5.31. The molecule has 0 bridgehead atoms. The summed E-state index contributed by atoms with van der Waals surface area (Å²) in [6, 6.07) is 15.7. The Kier molecular flexibility index (Phi) is 6.47. The number of piperazine rings is 1. The molecule has 1 amide bonds. The fourth-order valence-corrected chi connectivity index (χ4v) is 3.72. The van der Waals surface area contributed by atoms with Crippen LogP contribution in [0.25, 0.3) is 0 Å². The van der Waals surface area contributed by atoms with E-state index in [0.717, 1.165) is 24.2 Å². The summed E-state index contributed by atoms with van der Waals surface area (Å²) in [5, 5.41) is 0. The van der Waals surface area contributed by atoms with Gasteiger partial charge in [0.15, 0.2) is 5.78 Å². The number of Topliss-reactive ketones (excluding diaryl/α,β-unsaturated/α-hetero) is 1. The Hall–Kier alpha value is -2.66. The van der Waals surface area contributed by atoms with Crippen molar-refractivity contribution in [2.45, 2.75) is 25.8 Å². The Bertz CT molecular complexity index is 835. The maximum Gasteiger partial charge on any atom is 0.223 e. The number of hydrogen-bond acceptors (Lipinski definition) is 4. The number of ether oxygens (including phenoxy) is 1. The van der Waals surface area contributed by atoms with Gasteiger partial charge in [-0.15, -0.1) is 0 Å². The highest BCUT2D eigenvalue weighted by atomic mass is 16.5.